The average Bonchev–Trinajstić information content (AvgIpc) is 1.98. The molecule has 0 aromatic rings. The number of hydrogen-bond donors (Lipinski definition) is 0. The molecule has 0 aromatic carbocycles. The first-order valence-corrected chi connectivity index (χ1v) is 6.17. The molecule has 0 aliphatic carbocycles. The minimum Gasteiger partial charge on any atom is -0.379 e. The van der Waals surface area contributed by atoms with E-state index in [0.29, 0.717) is 5.41 Å². The molecule has 0 fully saturated rings. The van der Waals surface area contributed by atoms with Crippen LogP contribution in [-0.2, 0) is 9.47 Å². The first kappa shape index (κ1) is 15.9. The molecule has 98 valence electrons. The molecule has 0 amide bonds. The molecule has 0 saturated heterocycles. The van der Waals surface area contributed by atoms with E-state index in [2.05, 4.69) is 48.5 Å². The summed E-state index contributed by atoms with van der Waals surface area (Å²) in [4.78, 5) is 0. The van der Waals surface area contributed by atoms with Crippen LogP contribution in [0.5, 0.6) is 0 Å². The maximum atomic E-state index is 5.96. The molecule has 0 saturated carbocycles. The molecule has 0 spiro atoms. The quantitative estimate of drug-likeness (QED) is 0.686. The third-order valence-electron chi connectivity index (χ3n) is 2.71. The summed E-state index contributed by atoms with van der Waals surface area (Å²) in [5.41, 5.74) is 0.167. The van der Waals surface area contributed by atoms with Crippen LogP contribution in [0.15, 0.2) is 0 Å². The van der Waals surface area contributed by atoms with Gasteiger partial charge in [-0.2, -0.15) is 0 Å². The monoisotopic (exact) mass is 230 g/mol. The van der Waals surface area contributed by atoms with Gasteiger partial charge in [0.05, 0.1) is 17.8 Å². The van der Waals surface area contributed by atoms with Crippen molar-refractivity contribution in [2.45, 2.75) is 72.5 Å². The van der Waals surface area contributed by atoms with Gasteiger partial charge in [-0.3, -0.25) is 0 Å². The SMILES string of the molecule is COC(C)(C)CCOC(C)(C)CC(C)(C)C. The summed E-state index contributed by atoms with van der Waals surface area (Å²) < 4.78 is 11.3. The van der Waals surface area contributed by atoms with E-state index in [0.717, 1.165) is 19.4 Å². The summed E-state index contributed by atoms with van der Waals surface area (Å²) in [6.45, 7) is 16.0. The molecule has 0 rings (SSSR count). The number of hydrogen-bond acceptors (Lipinski definition) is 2. The lowest BCUT2D eigenvalue weighted by molar-refractivity contribution is -0.0724. The maximum absolute atomic E-state index is 5.96. The molecule has 0 aliphatic rings. The zero-order valence-corrected chi connectivity index (χ0v) is 12.4. The average molecular weight is 230 g/mol. The fourth-order valence-corrected chi connectivity index (χ4v) is 2.00. The highest BCUT2D eigenvalue weighted by Gasteiger charge is 2.27. The molecule has 0 aromatic heterocycles. The second-order valence-electron chi connectivity index (χ2n) is 7.06. The fraction of sp³-hybridized carbons (Fsp3) is 1.00. The van der Waals surface area contributed by atoms with Gasteiger partial charge in [0.2, 0.25) is 0 Å². The minimum absolute atomic E-state index is 0.0535. The minimum atomic E-state index is -0.0855. The summed E-state index contributed by atoms with van der Waals surface area (Å²) in [5, 5.41) is 0. The van der Waals surface area contributed by atoms with Crippen molar-refractivity contribution in [3.05, 3.63) is 0 Å². The van der Waals surface area contributed by atoms with Crippen LogP contribution in [0.4, 0.5) is 0 Å². The van der Waals surface area contributed by atoms with Crippen molar-refractivity contribution < 1.29 is 9.47 Å². The molecule has 2 nitrogen and oxygen atoms in total. The van der Waals surface area contributed by atoms with Gasteiger partial charge in [0.15, 0.2) is 0 Å². The molecule has 0 N–H and O–H groups in total. The van der Waals surface area contributed by atoms with Gasteiger partial charge in [0.25, 0.3) is 0 Å². The molecule has 2 heteroatoms. The van der Waals surface area contributed by atoms with E-state index >= 15 is 0 Å². The van der Waals surface area contributed by atoms with E-state index < -0.39 is 0 Å². The summed E-state index contributed by atoms with van der Waals surface area (Å²) in [6.07, 6.45) is 1.99. The van der Waals surface area contributed by atoms with E-state index in [1.165, 1.54) is 0 Å². The van der Waals surface area contributed by atoms with Crippen LogP contribution >= 0.6 is 0 Å². The predicted octanol–water partition coefficient (Wildman–Crippen LogP) is 4.03. The molecular formula is C14H30O2. The molecule has 0 heterocycles. The van der Waals surface area contributed by atoms with Crippen molar-refractivity contribution in [3.8, 4) is 0 Å². The highest BCUT2D eigenvalue weighted by molar-refractivity contribution is 4.77. The van der Waals surface area contributed by atoms with Gasteiger partial charge in [0.1, 0.15) is 0 Å². The maximum Gasteiger partial charge on any atom is 0.0644 e. The van der Waals surface area contributed by atoms with Crippen LogP contribution in [0, 0.1) is 5.41 Å². The molecule has 0 radical (unpaired) electrons. The van der Waals surface area contributed by atoms with E-state index in [1.807, 2.05) is 0 Å². The normalized spacial score (nSPS) is 14.2. The third kappa shape index (κ3) is 8.12. The lowest BCUT2D eigenvalue weighted by atomic mass is 9.83. The van der Waals surface area contributed by atoms with Crippen molar-refractivity contribution in [1.29, 1.82) is 0 Å². The van der Waals surface area contributed by atoms with Crippen molar-refractivity contribution in [3.63, 3.8) is 0 Å². The van der Waals surface area contributed by atoms with Gasteiger partial charge in [-0.05, 0) is 46.0 Å². The number of ether oxygens (including phenoxy) is 2. The van der Waals surface area contributed by atoms with Crippen LogP contribution in [0.1, 0.15) is 61.3 Å². The molecule has 16 heavy (non-hydrogen) atoms. The smallest absolute Gasteiger partial charge is 0.0644 e. The standard InChI is InChI=1S/C14H30O2/c1-12(2,3)11-14(6,7)16-10-9-13(4,5)15-8/h9-11H2,1-8H3. The van der Waals surface area contributed by atoms with Crippen LogP contribution in [0.25, 0.3) is 0 Å². The first-order chi connectivity index (χ1) is 6.97. The van der Waals surface area contributed by atoms with E-state index in [4.69, 9.17) is 9.47 Å². The lowest BCUT2D eigenvalue weighted by Crippen LogP contribution is -2.33. The molecule has 0 atom stereocenters. The zero-order valence-electron chi connectivity index (χ0n) is 12.4. The van der Waals surface area contributed by atoms with Gasteiger partial charge in [-0.15, -0.1) is 0 Å². The summed E-state index contributed by atoms with van der Waals surface area (Å²) >= 11 is 0. The molecular weight excluding hydrogens is 200 g/mol. The Hall–Kier alpha value is -0.0800. The lowest BCUT2D eigenvalue weighted by Gasteiger charge is -2.33. The third-order valence-corrected chi connectivity index (χ3v) is 2.71. The molecule has 0 bridgehead atoms. The van der Waals surface area contributed by atoms with Crippen molar-refractivity contribution >= 4 is 0 Å². The Labute approximate surface area is 102 Å². The van der Waals surface area contributed by atoms with Crippen LogP contribution in [0.3, 0.4) is 0 Å². The van der Waals surface area contributed by atoms with Crippen molar-refractivity contribution in [2.24, 2.45) is 5.41 Å². The second kappa shape index (κ2) is 5.50. The first-order valence-electron chi connectivity index (χ1n) is 6.17. The van der Waals surface area contributed by atoms with Crippen LogP contribution < -0.4 is 0 Å². The molecule has 0 aliphatic heterocycles. The van der Waals surface area contributed by atoms with E-state index in [1.54, 1.807) is 7.11 Å². The highest BCUT2D eigenvalue weighted by Crippen LogP contribution is 2.29. The Morgan fingerprint density at radius 1 is 0.812 bits per heavy atom. The topological polar surface area (TPSA) is 18.5 Å². The second-order valence-corrected chi connectivity index (χ2v) is 7.06. The Morgan fingerprint density at radius 3 is 1.69 bits per heavy atom. The largest absolute Gasteiger partial charge is 0.379 e. The summed E-state index contributed by atoms with van der Waals surface area (Å²) in [7, 11) is 1.75. The van der Waals surface area contributed by atoms with Crippen LogP contribution in [0.2, 0.25) is 0 Å². The number of rotatable bonds is 6. The number of methoxy groups -OCH3 is 1. The van der Waals surface area contributed by atoms with Crippen molar-refractivity contribution in [2.75, 3.05) is 13.7 Å². The Kier molecular flexibility index (Phi) is 5.48. The van der Waals surface area contributed by atoms with Gasteiger partial charge >= 0.3 is 0 Å². The Morgan fingerprint density at radius 2 is 1.31 bits per heavy atom. The Bertz CT molecular complexity index is 199. The summed E-state index contributed by atoms with van der Waals surface area (Å²) in [5.74, 6) is 0. The van der Waals surface area contributed by atoms with Gasteiger partial charge in [0, 0.05) is 7.11 Å². The Balaban J connectivity index is 4.01. The van der Waals surface area contributed by atoms with E-state index in [-0.39, 0.29) is 11.2 Å². The fourth-order valence-electron chi connectivity index (χ4n) is 2.00. The van der Waals surface area contributed by atoms with Gasteiger partial charge in [-0.1, -0.05) is 20.8 Å². The highest BCUT2D eigenvalue weighted by atomic mass is 16.5. The van der Waals surface area contributed by atoms with Gasteiger partial charge in [-0.25, -0.2) is 0 Å². The van der Waals surface area contributed by atoms with E-state index in [9.17, 15) is 0 Å². The summed E-state index contributed by atoms with van der Waals surface area (Å²) in [6, 6.07) is 0. The predicted molar refractivity (Wildman–Crippen MR) is 69.8 cm³/mol. The molecule has 0 unspecified atom stereocenters. The van der Waals surface area contributed by atoms with Crippen LogP contribution in [-0.4, -0.2) is 24.9 Å². The zero-order chi connectivity index (χ0) is 13.0. The van der Waals surface area contributed by atoms with Gasteiger partial charge < -0.3 is 9.47 Å². The van der Waals surface area contributed by atoms with Crippen molar-refractivity contribution in [1.82, 2.24) is 0 Å².